The predicted octanol–water partition coefficient (Wildman–Crippen LogP) is 3.99. The molecule has 0 spiro atoms. The molecule has 0 atom stereocenters. The highest BCUT2D eigenvalue weighted by atomic mass is 35.5. The minimum atomic E-state index is -0.376. The van der Waals surface area contributed by atoms with E-state index in [1.165, 1.54) is 28.5 Å². The Morgan fingerprint density at radius 1 is 1.22 bits per heavy atom. The molecule has 0 aliphatic rings. The van der Waals surface area contributed by atoms with Crippen molar-refractivity contribution < 1.29 is 0 Å². The number of hydrogen-bond donors (Lipinski definition) is 2. The van der Waals surface area contributed by atoms with Gasteiger partial charge in [-0.1, -0.05) is 44.5 Å². The molecule has 1 aromatic carbocycles. The summed E-state index contributed by atoms with van der Waals surface area (Å²) >= 11 is 5.96. The summed E-state index contributed by atoms with van der Waals surface area (Å²) in [5.74, 6) is 0. The summed E-state index contributed by atoms with van der Waals surface area (Å²) in [6.07, 6.45) is 2.40. The zero-order valence-corrected chi connectivity index (χ0v) is 15.1. The normalized spacial score (nSPS) is 11.6. The zero-order valence-electron chi connectivity index (χ0n) is 14.4. The molecule has 0 aliphatic carbocycles. The number of anilines is 1. The molecule has 0 saturated heterocycles. The van der Waals surface area contributed by atoms with Crippen LogP contribution in [0.3, 0.4) is 0 Å². The molecule has 4 nitrogen and oxygen atoms in total. The smallest absolute Gasteiger partial charge is 0.285 e. The summed E-state index contributed by atoms with van der Waals surface area (Å²) in [7, 11) is 0. The van der Waals surface area contributed by atoms with E-state index in [1.54, 1.807) is 0 Å². The first-order chi connectivity index (χ1) is 10.7. The predicted molar refractivity (Wildman–Crippen MR) is 96.7 cm³/mol. The van der Waals surface area contributed by atoms with Gasteiger partial charge in [-0.15, -0.1) is 0 Å². The van der Waals surface area contributed by atoms with Crippen LogP contribution in [0.4, 0.5) is 5.69 Å². The number of rotatable bonds is 4. The van der Waals surface area contributed by atoms with Crippen LogP contribution in [-0.4, -0.2) is 16.7 Å². The second kappa shape index (κ2) is 6.75. The SMILES string of the molecule is Cc1cc(C(C)(C)C)cc(C)c1CCNc1cn[nH]c(=O)c1Cl. The van der Waals surface area contributed by atoms with Crippen LogP contribution < -0.4 is 10.9 Å². The third-order valence-corrected chi connectivity index (χ3v) is 4.42. The number of halogens is 1. The third-order valence-electron chi connectivity index (χ3n) is 4.05. The van der Waals surface area contributed by atoms with E-state index in [-0.39, 0.29) is 16.0 Å². The number of aromatic amines is 1. The standard InChI is InChI=1S/C18H24ClN3O/c1-11-8-13(18(3,4)5)9-12(2)14(11)6-7-20-15-10-21-22-17(23)16(15)19/h8-10H,6-7H2,1-5H3,(H2,20,22,23). The highest BCUT2D eigenvalue weighted by Gasteiger charge is 2.16. The molecule has 0 aliphatic heterocycles. The quantitative estimate of drug-likeness (QED) is 0.889. The molecule has 0 bridgehead atoms. The molecule has 0 fully saturated rings. The Morgan fingerprint density at radius 3 is 2.39 bits per heavy atom. The Bertz CT molecular complexity index is 737. The topological polar surface area (TPSA) is 57.8 Å². The van der Waals surface area contributed by atoms with Crippen molar-refractivity contribution in [3.63, 3.8) is 0 Å². The largest absolute Gasteiger partial charge is 0.382 e. The van der Waals surface area contributed by atoms with E-state index in [4.69, 9.17) is 11.6 Å². The number of H-pyrrole nitrogens is 1. The molecule has 1 heterocycles. The molecule has 1 aromatic heterocycles. The van der Waals surface area contributed by atoms with Gasteiger partial charge in [0.2, 0.25) is 0 Å². The van der Waals surface area contributed by atoms with Crippen molar-refractivity contribution in [2.75, 3.05) is 11.9 Å². The Labute approximate surface area is 142 Å². The van der Waals surface area contributed by atoms with E-state index in [0.717, 1.165) is 6.42 Å². The maximum Gasteiger partial charge on any atom is 0.285 e. The summed E-state index contributed by atoms with van der Waals surface area (Å²) in [6, 6.07) is 4.54. The van der Waals surface area contributed by atoms with Crippen molar-refractivity contribution in [3.05, 3.63) is 56.0 Å². The zero-order chi connectivity index (χ0) is 17.2. The van der Waals surface area contributed by atoms with Crippen LogP contribution >= 0.6 is 11.6 Å². The van der Waals surface area contributed by atoms with Gasteiger partial charge in [0.1, 0.15) is 5.02 Å². The van der Waals surface area contributed by atoms with Gasteiger partial charge in [0.05, 0.1) is 11.9 Å². The minimum Gasteiger partial charge on any atom is -0.382 e. The van der Waals surface area contributed by atoms with E-state index in [2.05, 4.69) is 62.3 Å². The van der Waals surface area contributed by atoms with E-state index < -0.39 is 0 Å². The molecule has 0 unspecified atom stereocenters. The van der Waals surface area contributed by atoms with Crippen molar-refractivity contribution in [2.24, 2.45) is 0 Å². The number of hydrogen-bond acceptors (Lipinski definition) is 3. The fraction of sp³-hybridized carbons (Fsp3) is 0.444. The molecule has 2 rings (SSSR count). The van der Waals surface area contributed by atoms with Gasteiger partial charge >= 0.3 is 0 Å². The van der Waals surface area contributed by atoms with Crippen LogP contribution in [0, 0.1) is 13.8 Å². The molecule has 0 amide bonds. The van der Waals surface area contributed by atoms with Gasteiger partial charge in [0.25, 0.3) is 5.56 Å². The van der Waals surface area contributed by atoms with Crippen molar-refractivity contribution in [1.82, 2.24) is 10.2 Å². The first-order valence-electron chi connectivity index (χ1n) is 7.78. The van der Waals surface area contributed by atoms with Crippen LogP contribution in [0.1, 0.15) is 43.0 Å². The minimum absolute atomic E-state index is 0.149. The first kappa shape index (κ1) is 17.5. The van der Waals surface area contributed by atoms with Crippen LogP contribution in [0.2, 0.25) is 5.02 Å². The first-order valence-corrected chi connectivity index (χ1v) is 8.15. The second-order valence-corrected chi connectivity index (χ2v) is 7.32. The van der Waals surface area contributed by atoms with E-state index >= 15 is 0 Å². The number of aromatic nitrogens is 2. The average molecular weight is 334 g/mol. The lowest BCUT2D eigenvalue weighted by Crippen LogP contribution is -2.15. The van der Waals surface area contributed by atoms with Gasteiger partial charge in [0, 0.05) is 6.54 Å². The number of aryl methyl sites for hydroxylation is 2. The van der Waals surface area contributed by atoms with Crippen molar-refractivity contribution in [3.8, 4) is 0 Å². The Balaban J connectivity index is 2.12. The molecule has 0 saturated carbocycles. The monoisotopic (exact) mass is 333 g/mol. The van der Waals surface area contributed by atoms with Crippen LogP contribution in [0.15, 0.2) is 23.1 Å². The highest BCUT2D eigenvalue weighted by Crippen LogP contribution is 2.27. The van der Waals surface area contributed by atoms with E-state index in [1.807, 2.05) is 0 Å². The molecule has 124 valence electrons. The fourth-order valence-electron chi connectivity index (χ4n) is 2.65. The van der Waals surface area contributed by atoms with Crippen molar-refractivity contribution >= 4 is 17.3 Å². The highest BCUT2D eigenvalue weighted by molar-refractivity contribution is 6.32. The van der Waals surface area contributed by atoms with Gasteiger partial charge in [-0.3, -0.25) is 4.79 Å². The van der Waals surface area contributed by atoms with Gasteiger partial charge in [-0.2, -0.15) is 5.10 Å². The molecule has 2 N–H and O–H groups in total. The average Bonchev–Trinajstić information content (AvgIpc) is 2.45. The molecular weight excluding hydrogens is 310 g/mol. The maximum absolute atomic E-state index is 11.4. The van der Waals surface area contributed by atoms with Gasteiger partial charge in [-0.25, -0.2) is 5.10 Å². The van der Waals surface area contributed by atoms with Crippen molar-refractivity contribution in [1.29, 1.82) is 0 Å². The third kappa shape index (κ3) is 4.14. The second-order valence-electron chi connectivity index (χ2n) is 6.94. The Kier molecular flexibility index (Phi) is 5.15. The molecule has 23 heavy (non-hydrogen) atoms. The van der Waals surface area contributed by atoms with Gasteiger partial charge in [-0.05, 0) is 47.9 Å². The van der Waals surface area contributed by atoms with Gasteiger partial charge in [0.15, 0.2) is 0 Å². The Hall–Kier alpha value is -1.81. The summed E-state index contributed by atoms with van der Waals surface area (Å²) in [6.45, 7) is 11.7. The van der Waals surface area contributed by atoms with Gasteiger partial charge < -0.3 is 5.32 Å². The number of nitrogens with zero attached hydrogens (tertiary/aromatic N) is 1. The molecule has 5 heteroatoms. The summed E-state index contributed by atoms with van der Waals surface area (Å²) < 4.78 is 0. The molecule has 2 aromatic rings. The molecule has 0 radical (unpaired) electrons. The fourth-order valence-corrected chi connectivity index (χ4v) is 2.81. The summed E-state index contributed by atoms with van der Waals surface area (Å²) in [5, 5.41) is 9.41. The van der Waals surface area contributed by atoms with E-state index in [9.17, 15) is 4.79 Å². The lowest BCUT2D eigenvalue weighted by Gasteiger charge is -2.22. The van der Waals surface area contributed by atoms with Crippen LogP contribution in [0.25, 0.3) is 0 Å². The lowest BCUT2D eigenvalue weighted by molar-refractivity contribution is 0.588. The van der Waals surface area contributed by atoms with Crippen molar-refractivity contribution in [2.45, 2.75) is 46.5 Å². The number of nitrogens with one attached hydrogen (secondary N) is 2. The van der Waals surface area contributed by atoms with Crippen LogP contribution in [-0.2, 0) is 11.8 Å². The molecular formula is C18H24ClN3O. The maximum atomic E-state index is 11.4. The Morgan fingerprint density at radius 2 is 1.83 bits per heavy atom. The summed E-state index contributed by atoms with van der Waals surface area (Å²) in [4.78, 5) is 11.4. The number of benzene rings is 1. The van der Waals surface area contributed by atoms with E-state index in [0.29, 0.717) is 12.2 Å². The summed E-state index contributed by atoms with van der Waals surface area (Å²) in [5.41, 5.74) is 5.62. The lowest BCUT2D eigenvalue weighted by atomic mass is 9.83. The van der Waals surface area contributed by atoms with Crippen LogP contribution in [0.5, 0.6) is 0 Å².